The average molecular weight is 281 g/mol. The summed E-state index contributed by atoms with van der Waals surface area (Å²) in [5, 5.41) is 29.5. The van der Waals surface area contributed by atoms with Gasteiger partial charge in [-0.3, -0.25) is 0 Å². The van der Waals surface area contributed by atoms with Gasteiger partial charge in [0.25, 0.3) is 0 Å². The van der Waals surface area contributed by atoms with Crippen LogP contribution in [-0.2, 0) is 0 Å². The quantitative estimate of drug-likeness (QED) is 0.901. The van der Waals surface area contributed by atoms with Crippen LogP contribution in [-0.4, -0.2) is 11.1 Å². The molecule has 21 heavy (non-hydrogen) atoms. The number of anilines is 2. The van der Waals surface area contributed by atoms with Crippen LogP contribution in [0.2, 0.25) is 0 Å². The highest BCUT2D eigenvalue weighted by atomic mass is 19.1. The number of nitrogens with zero attached hydrogens (tertiary/aromatic N) is 2. The predicted molar refractivity (Wildman–Crippen MR) is 72.5 cm³/mol. The third-order valence-corrected chi connectivity index (χ3v) is 2.77. The van der Waals surface area contributed by atoms with Crippen molar-refractivity contribution in [2.24, 2.45) is 0 Å². The molecule has 0 aliphatic rings. The van der Waals surface area contributed by atoms with E-state index in [2.05, 4.69) is 5.32 Å². The van der Waals surface area contributed by atoms with Crippen LogP contribution in [0.25, 0.3) is 0 Å². The third kappa shape index (κ3) is 2.80. The Kier molecular flexibility index (Phi) is 3.83. The largest absolute Gasteiger partial charge is 0.478 e. The van der Waals surface area contributed by atoms with Crippen LogP contribution in [0.15, 0.2) is 36.4 Å². The van der Waals surface area contributed by atoms with Gasteiger partial charge in [0.1, 0.15) is 18.0 Å². The van der Waals surface area contributed by atoms with E-state index in [-0.39, 0.29) is 22.4 Å². The molecule has 2 rings (SSSR count). The fourth-order valence-electron chi connectivity index (χ4n) is 1.79. The van der Waals surface area contributed by atoms with Crippen LogP contribution in [0, 0.1) is 28.5 Å². The van der Waals surface area contributed by atoms with E-state index in [0.29, 0.717) is 5.69 Å². The number of hydrogen-bond acceptors (Lipinski definition) is 4. The number of halogens is 1. The van der Waals surface area contributed by atoms with E-state index in [0.717, 1.165) is 6.07 Å². The van der Waals surface area contributed by atoms with Gasteiger partial charge in [0.2, 0.25) is 0 Å². The van der Waals surface area contributed by atoms with E-state index in [9.17, 15) is 9.18 Å². The number of nitriles is 2. The van der Waals surface area contributed by atoms with Crippen LogP contribution in [0.3, 0.4) is 0 Å². The summed E-state index contributed by atoms with van der Waals surface area (Å²) in [4.78, 5) is 11.1. The minimum Gasteiger partial charge on any atom is -0.478 e. The molecule has 0 bridgehead atoms. The maximum atomic E-state index is 13.8. The normalized spacial score (nSPS) is 9.48. The molecule has 0 heterocycles. The molecule has 102 valence electrons. The Bertz CT molecular complexity index is 804. The molecule has 0 spiro atoms. The van der Waals surface area contributed by atoms with Gasteiger partial charge < -0.3 is 10.4 Å². The first-order valence-electron chi connectivity index (χ1n) is 5.80. The first-order valence-corrected chi connectivity index (χ1v) is 5.80. The van der Waals surface area contributed by atoms with Crippen molar-refractivity contribution in [1.82, 2.24) is 0 Å². The molecule has 0 unspecified atom stereocenters. The molecule has 5 nitrogen and oxygen atoms in total. The number of hydrogen-bond donors (Lipinski definition) is 2. The lowest BCUT2D eigenvalue weighted by Crippen LogP contribution is -2.05. The molecule has 0 fully saturated rings. The summed E-state index contributed by atoms with van der Waals surface area (Å²) in [5.74, 6) is -2.00. The second-order valence-corrected chi connectivity index (χ2v) is 4.08. The molecule has 0 amide bonds. The van der Waals surface area contributed by atoms with Crippen LogP contribution in [0.1, 0.15) is 21.5 Å². The van der Waals surface area contributed by atoms with Gasteiger partial charge in [-0.15, -0.1) is 0 Å². The first-order chi connectivity index (χ1) is 10.1. The van der Waals surface area contributed by atoms with Crippen LogP contribution < -0.4 is 5.32 Å². The Morgan fingerprint density at radius 3 is 2.48 bits per heavy atom. The van der Waals surface area contributed by atoms with E-state index in [1.54, 1.807) is 0 Å². The lowest BCUT2D eigenvalue weighted by atomic mass is 10.1. The average Bonchev–Trinajstić information content (AvgIpc) is 2.48. The number of aromatic carboxylic acids is 1. The summed E-state index contributed by atoms with van der Waals surface area (Å²) in [6, 6.07) is 11.6. The summed E-state index contributed by atoms with van der Waals surface area (Å²) in [7, 11) is 0. The SMILES string of the molecule is N#Cc1ccc(Nc2c(F)cccc2C(=O)O)cc1C#N. The van der Waals surface area contributed by atoms with Crippen molar-refractivity contribution in [2.75, 3.05) is 5.32 Å². The molecule has 6 heteroatoms. The van der Waals surface area contributed by atoms with Crippen molar-refractivity contribution in [2.45, 2.75) is 0 Å². The van der Waals surface area contributed by atoms with E-state index in [1.165, 1.54) is 30.3 Å². The Morgan fingerprint density at radius 1 is 1.14 bits per heavy atom. The number of carboxylic acids is 1. The highest BCUT2D eigenvalue weighted by Gasteiger charge is 2.14. The van der Waals surface area contributed by atoms with Gasteiger partial charge in [0, 0.05) is 5.69 Å². The maximum absolute atomic E-state index is 13.8. The van der Waals surface area contributed by atoms with Crippen molar-refractivity contribution in [3.05, 3.63) is 58.9 Å². The van der Waals surface area contributed by atoms with Gasteiger partial charge >= 0.3 is 5.97 Å². The molecule has 0 atom stereocenters. The Balaban J connectivity index is 2.47. The van der Waals surface area contributed by atoms with Gasteiger partial charge in [-0.25, -0.2) is 9.18 Å². The van der Waals surface area contributed by atoms with Crippen molar-refractivity contribution in [1.29, 1.82) is 10.5 Å². The highest BCUT2D eigenvalue weighted by molar-refractivity contribution is 5.95. The number of carboxylic acid groups (broad SMARTS) is 1. The molecular formula is C15H8FN3O2. The smallest absolute Gasteiger partial charge is 0.337 e. The lowest BCUT2D eigenvalue weighted by molar-refractivity contribution is 0.0697. The third-order valence-electron chi connectivity index (χ3n) is 2.77. The fourth-order valence-corrected chi connectivity index (χ4v) is 1.79. The van der Waals surface area contributed by atoms with Crippen LogP contribution >= 0.6 is 0 Å². The lowest BCUT2D eigenvalue weighted by Gasteiger charge is -2.11. The topological polar surface area (TPSA) is 96.9 Å². The van der Waals surface area contributed by atoms with Gasteiger partial charge in [-0.1, -0.05) is 6.07 Å². The zero-order valence-corrected chi connectivity index (χ0v) is 10.6. The highest BCUT2D eigenvalue weighted by Crippen LogP contribution is 2.25. The van der Waals surface area contributed by atoms with Gasteiger partial charge in [0.15, 0.2) is 0 Å². The van der Waals surface area contributed by atoms with Gasteiger partial charge in [-0.2, -0.15) is 10.5 Å². The van der Waals surface area contributed by atoms with Crippen LogP contribution in [0.4, 0.5) is 15.8 Å². The summed E-state index contributed by atoms with van der Waals surface area (Å²) in [6.45, 7) is 0. The number of para-hydroxylation sites is 1. The molecular weight excluding hydrogens is 273 g/mol. The summed E-state index contributed by atoms with van der Waals surface area (Å²) in [6.07, 6.45) is 0. The predicted octanol–water partition coefficient (Wildman–Crippen LogP) is 3.01. The maximum Gasteiger partial charge on any atom is 0.337 e. The zero-order valence-electron chi connectivity index (χ0n) is 10.6. The van der Waals surface area contributed by atoms with Crippen molar-refractivity contribution < 1.29 is 14.3 Å². The number of carbonyl (C=O) groups is 1. The Labute approximate surface area is 119 Å². The second kappa shape index (κ2) is 5.72. The number of benzene rings is 2. The summed E-state index contributed by atoms with van der Waals surface area (Å²) < 4.78 is 13.8. The van der Waals surface area contributed by atoms with Crippen molar-refractivity contribution in [3.8, 4) is 12.1 Å². The Hall–Kier alpha value is -3.38. The van der Waals surface area contributed by atoms with E-state index in [1.807, 2.05) is 12.1 Å². The molecule has 0 aliphatic heterocycles. The molecule has 2 N–H and O–H groups in total. The fraction of sp³-hybridized carbons (Fsp3) is 0. The first kappa shape index (κ1) is 14.0. The zero-order chi connectivity index (χ0) is 15.4. The Morgan fingerprint density at radius 2 is 1.86 bits per heavy atom. The summed E-state index contributed by atoms with van der Waals surface area (Å²) in [5.41, 5.74) is 0.209. The van der Waals surface area contributed by atoms with Crippen molar-refractivity contribution >= 4 is 17.3 Å². The molecule has 0 saturated heterocycles. The molecule has 2 aromatic rings. The van der Waals surface area contributed by atoms with Crippen LogP contribution in [0.5, 0.6) is 0 Å². The van der Waals surface area contributed by atoms with Crippen molar-refractivity contribution in [3.63, 3.8) is 0 Å². The molecule has 2 aromatic carbocycles. The molecule has 0 saturated carbocycles. The van der Waals surface area contributed by atoms with E-state index < -0.39 is 11.8 Å². The molecule has 0 radical (unpaired) electrons. The van der Waals surface area contributed by atoms with E-state index >= 15 is 0 Å². The minimum atomic E-state index is -1.27. The second-order valence-electron chi connectivity index (χ2n) is 4.08. The summed E-state index contributed by atoms with van der Waals surface area (Å²) >= 11 is 0. The number of rotatable bonds is 3. The number of nitrogens with one attached hydrogen (secondary N) is 1. The minimum absolute atomic E-state index is 0.121. The molecule has 0 aliphatic carbocycles. The van der Waals surface area contributed by atoms with Gasteiger partial charge in [0.05, 0.1) is 22.4 Å². The van der Waals surface area contributed by atoms with E-state index in [4.69, 9.17) is 15.6 Å². The molecule has 0 aromatic heterocycles. The van der Waals surface area contributed by atoms with Gasteiger partial charge in [-0.05, 0) is 30.3 Å². The standard InChI is InChI=1S/C15H8FN3O2/c16-13-3-1-2-12(15(20)21)14(13)19-11-5-4-9(7-17)10(6-11)8-18/h1-6,19H,(H,20,21). The monoisotopic (exact) mass is 281 g/mol.